The van der Waals surface area contributed by atoms with Crippen LogP contribution in [-0.2, 0) is 28.6 Å². The third-order valence-corrected chi connectivity index (χ3v) is 7.83. The monoisotopic (exact) mass is 582 g/mol. The maximum atomic E-state index is 13.3. The van der Waals surface area contributed by atoms with Crippen molar-refractivity contribution in [1.82, 2.24) is 0 Å². The first-order valence-electron chi connectivity index (χ1n) is 10.9. The van der Waals surface area contributed by atoms with Crippen LogP contribution in [0.4, 0.5) is 0 Å². The molecule has 12 heteroatoms. The Morgan fingerprint density at radius 1 is 0.639 bits per heavy atom. The van der Waals surface area contributed by atoms with Crippen molar-refractivity contribution in [3.8, 4) is 22.6 Å². The second-order valence-electron chi connectivity index (χ2n) is 10.5. The summed E-state index contributed by atoms with van der Waals surface area (Å²) in [6.45, 7) is 10.6. The van der Waals surface area contributed by atoms with E-state index in [0.29, 0.717) is 0 Å². The van der Waals surface area contributed by atoms with Gasteiger partial charge in [0.05, 0.1) is 37.5 Å². The molecule has 2 aromatic carbocycles. The Labute approximate surface area is 224 Å². The van der Waals surface area contributed by atoms with Gasteiger partial charge in [-0.05, 0) is 35.1 Å². The molecule has 2 aromatic rings. The van der Waals surface area contributed by atoms with Gasteiger partial charge in [0, 0.05) is 11.1 Å². The first-order chi connectivity index (χ1) is 16.3. The van der Waals surface area contributed by atoms with Crippen molar-refractivity contribution in [2.24, 2.45) is 10.8 Å². The van der Waals surface area contributed by atoms with Crippen LogP contribution in [0.15, 0.2) is 34.1 Å². The van der Waals surface area contributed by atoms with Crippen LogP contribution in [0.3, 0.4) is 0 Å². The van der Waals surface area contributed by atoms with Crippen molar-refractivity contribution in [3.05, 3.63) is 34.3 Å². The Morgan fingerprint density at radius 3 is 1.19 bits per heavy atom. The summed E-state index contributed by atoms with van der Waals surface area (Å²) in [5.41, 5.74) is -1.03. The van der Waals surface area contributed by atoms with E-state index in [1.165, 1.54) is 26.4 Å². The molecule has 0 fully saturated rings. The summed E-state index contributed by atoms with van der Waals surface area (Å²) in [5, 5.41) is -0.0120. The molecule has 0 heterocycles. The number of ether oxygens (including phenoxy) is 2. The van der Waals surface area contributed by atoms with Gasteiger partial charge >= 0.3 is 0 Å². The van der Waals surface area contributed by atoms with Crippen LogP contribution in [0.5, 0.6) is 11.5 Å². The molecular weight excluding hydrogens is 551 g/mol. The van der Waals surface area contributed by atoms with E-state index in [0.717, 1.165) is 12.1 Å². The zero-order valence-corrected chi connectivity index (χ0v) is 24.7. The number of rotatable bonds is 9. The fourth-order valence-electron chi connectivity index (χ4n) is 2.85. The van der Waals surface area contributed by atoms with Crippen LogP contribution in [0.1, 0.15) is 41.5 Å². The highest BCUT2D eigenvalue weighted by molar-refractivity contribution is 7.87. The molecule has 0 aliphatic rings. The highest BCUT2D eigenvalue weighted by atomic mass is 35.5. The smallest absolute Gasteiger partial charge is 0.297 e. The highest BCUT2D eigenvalue weighted by Gasteiger charge is 2.31. The molecule has 0 saturated carbocycles. The lowest BCUT2D eigenvalue weighted by molar-refractivity contribution is 0.203. The maximum Gasteiger partial charge on any atom is 0.297 e. The van der Waals surface area contributed by atoms with Crippen molar-refractivity contribution < 1.29 is 34.7 Å². The third kappa shape index (κ3) is 7.72. The van der Waals surface area contributed by atoms with E-state index < -0.39 is 31.1 Å². The summed E-state index contributed by atoms with van der Waals surface area (Å²) < 4.78 is 74.4. The predicted octanol–water partition coefficient (Wildman–Crippen LogP) is 6.18. The Bertz CT molecular complexity index is 1220. The highest BCUT2D eigenvalue weighted by Crippen LogP contribution is 2.43. The maximum absolute atomic E-state index is 13.3. The Balaban J connectivity index is 2.90. The Morgan fingerprint density at radius 2 is 0.944 bits per heavy atom. The van der Waals surface area contributed by atoms with E-state index >= 15 is 0 Å². The lowest BCUT2D eigenvalue weighted by Gasteiger charge is -2.21. The summed E-state index contributed by atoms with van der Waals surface area (Å²) >= 11 is 12.5. The molecule has 0 N–H and O–H groups in total. The molecule has 0 aliphatic carbocycles. The SMILES string of the molecule is COc1cc(-c2cc(OC)c(Cl)cc2S(=O)(=O)OCC(C)(C)C)c(S(=O)(=O)OCC(C)(C)C)cc1Cl. The predicted molar refractivity (Wildman–Crippen MR) is 140 cm³/mol. The van der Waals surface area contributed by atoms with E-state index in [9.17, 15) is 16.8 Å². The van der Waals surface area contributed by atoms with Gasteiger partial charge in [-0.1, -0.05) is 64.7 Å². The first kappa shape index (κ1) is 30.7. The van der Waals surface area contributed by atoms with E-state index in [2.05, 4.69) is 0 Å². The van der Waals surface area contributed by atoms with Crippen LogP contribution in [0.25, 0.3) is 11.1 Å². The van der Waals surface area contributed by atoms with E-state index in [-0.39, 0.29) is 55.7 Å². The van der Waals surface area contributed by atoms with Gasteiger partial charge in [0.1, 0.15) is 21.3 Å². The first-order valence-corrected chi connectivity index (χ1v) is 14.4. The van der Waals surface area contributed by atoms with Crippen molar-refractivity contribution in [2.75, 3.05) is 27.4 Å². The van der Waals surface area contributed by atoms with Crippen LogP contribution in [-0.4, -0.2) is 44.3 Å². The average molecular weight is 584 g/mol. The molecule has 0 spiro atoms. The van der Waals surface area contributed by atoms with Gasteiger partial charge in [0.2, 0.25) is 0 Å². The fraction of sp³-hybridized carbons (Fsp3) is 0.500. The summed E-state index contributed by atoms with van der Waals surface area (Å²) in [4.78, 5) is -0.705. The largest absolute Gasteiger partial charge is 0.495 e. The molecule has 0 amide bonds. The molecule has 0 atom stereocenters. The van der Waals surface area contributed by atoms with Crippen molar-refractivity contribution in [2.45, 2.75) is 51.3 Å². The average Bonchev–Trinajstić information content (AvgIpc) is 2.75. The second kappa shape index (κ2) is 11.0. The van der Waals surface area contributed by atoms with Crippen LogP contribution >= 0.6 is 23.2 Å². The molecule has 0 saturated heterocycles. The fourth-order valence-corrected chi connectivity index (χ4v) is 6.14. The lowest BCUT2D eigenvalue weighted by Crippen LogP contribution is -2.20. The van der Waals surface area contributed by atoms with Gasteiger partial charge < -0.3 is 9.47 Å². The molecular formula is C24H32Cl2O8S2. The van der Waals surface area contributed by atoms with Gasteiger partial charge in [-0.3, -0.25) is 8.37 Å². The third-order valence-electron chi connectivity index (χ3n) is 4.63. The molecule has 202 valence electrons. The summed E-state index contributed by atoms with van der Waals surface area (Å²) in [6.07, 6.45) is 0. The van der Waals surface area contributed by atoms with Gasteiger partial charge in [0.25, 0.3) is 20.2 Å². The quantitative estimate of drug-likeness (QED) is 0.322. The summed E-state index contributed by atoms with van der Waals surface area (Å²) in [5.74, 6) is 0.239. The van der Waals surface area contributed by atoms with Crippen LogP contribution < -0.4 is 9.47 Å². The second-order valence-corrected chi connectivity index (χ2v) is 14.5. The van der Waals surface area contributed by atoms with Gasteiger partial charge in [-0.2, -0.15) is 16.8 Å². The van der Waals surface area contributed by atoms with Crippen molar-refractivity contribution >= 4 is 43.4 Å². The Kier molecular flexibility index (Phi) is 9.41. The molecule has 0 aliphatic heterocycles. The summed E-state index contributed by atoms with van der Waals surface area (Å²) in [7, 11) is -6.10. The van der Waals surface area contributed by atoms with Crippen LogP contribution in [0.2, 0.25) is 10.0 Å². The van der Waals surface area contributed by atoms with Gasteiger partial charge in [-0.15, -0.1) is 0 Å². The molecule has 36 heavy (non-hydrogen) atoms. The number of halogens is 2. The standard InChI is InChI=1S/C24H32Cl2O8S2/c1-23(2,3)13-33-35(27,28)21-11-17(25)19(31-7)9-15(21)16-10-20(32-8)18(26)12-22(16)36(29,30)34-14-24(4,5)6/h9-12H,13-14H2,1-8H3. The van der Waals surface area contributed by atoms with E-state index in [4.69, 9.17) is 41.0 Å². The molecule has 0 bridgehead atoms. The van der Waals surface area contributed by atoms with Crippen molar-refractivity contribution in [1.29, 1.82) is 0 Å². The summed E-state index contributed by atoms with van der Waals surface area (Å²) in [6, 6.07) is 4.95. The minimum atomic E-state index is -4.40. The van der Waals surface area contributed by atoms with E-state index in [1.54, 1.807) is 0 Å². The van der Waals surface area contributed by atoms with Gasteiger partial charge in [0.15, 0.2) is 0 Å². The molecule has 8 nitrogen and oxygen atoms in total. The minimum absolute atomic E-state index is 0.00602. The van der Waals surface area contributed by atoms with Crippen LogP contribution in [0, 0.1) is 10.8 Å². The molecule has 2 rings (SSSR count). The lowest BCUT2D eigenvalue weighted by atomic mass is 9.99. The molecule has 0 radical (unpaired) electrons. The van der Waals surface area contributed by atoms with E-state index in [1.807, 2.05) is 41.5 Å². The van der Waals surface area contributed by atoms with Gasteiger partial charge in [-0.25, -0.2) is 0 Å². The Hall–Kier alpha value is -1.56. The number of hydrogen-bond acceptors (Lipinski definition) is 8. The molecule has 0 unspecified atom stereocenters. The zero-order chi connectivity index (χ0) is 27.7. The molecule has 0 aromatic heterocycles. The number of hydrogen-bond donors (Lipinski definition) is 0. The normalized spacial score (nSPS) is 13.1. The minimum Gasteiger partial charge on any atom is -0.495 e. The zero-order valence-electron chi connectivity index (χ0n) is 21.6. The number of methoxy groups -OCH3 is 2. The van der Waals surface area contributed by atoms with Crippen molar-refractivity contribution in [3.63, 3.8) is 0 Å². The number of benzene rings is 2. The topological polar surface area (TPSA) is 105 Å².